The highest BCUT2D eigenvalue weighted by Gasteiger charge is 2.18. The van der Waals surface area contributed by atoms with Gasteiger partial charge in [0.15, 0.2) is 0 Å². The molecule has 1 aromatic heterocycles. The molecule has 2 amide bonds. The van der Waals surface area contributed by atoms with Crippen molar-refractivity contribution in [2.24, 2.45) is 0 Å². The highest BCUT2D eigenvalue weighted by molar-refractivity contribution is 6.31. The van der Waals surface area contributed by atoms with Crippen molar-refractivity contribution in [2.45, 2.75) is 25.7 Å². The molecular formula is C26H25Cl2N5O2. The smallest absolute Gasteiger partial charge is 0.258 e. The molecule has 1 saturated heterocycles. The largest absolute Gasteiger partial charge is 0.357 e. The fourth-order valence-electron chi connectivity index (χ4n) is 3.90. The van der Waals surface area contributed by atoms with Crippen LogP contribution in [0.1, 0.15) is 52.0 Å². The van der Waals surface area contributed by atoms with Gasteiger partial charge in [0.2, 0.25) is 0 Å². The van der Waals surface area contributed by atoms with Gasteiger partial charge in [-0.1, -0.05) is 48.2 Å². The third kappa shape index (κ3) is 6.38. The van der Waals surface area contributed by atoms with E-state index < -0.39 is 5.91 Å². The number of carbonyl (C=O) groups is 2. The first kappa shape index (κ1) is 24.7. The summed E-state index contributed by atoms with van der Waals surface area (Å²) in [7, 11) is 0. The van der Waals surface area contributed by atoms with Crippen LogP contribution in [0.25, 0.3) is 0 Å². The number of pyridine rings is 1. The second-order valence-corrected chi connectivity index (χ2v) is 9.16. The van der Waals surface area contributed by atoms with E-state index in [9.17, 15) is 9.59 Å². The molecule has 3 aromatic rings. The average molecular weight is 510 g/mol. The van der Waals surface area contributed by atoms with Crippen molar-refractivity contribution < 1.29 is 9.59 Å². The minimum absolute atomic E-state index is 0.196. The number of anilines is 2. The van der Waals surface area contributed by atoms with E-state index in [-0.39, 0.29) is 11.5 Å². The van der Waals surface area contributed by atoms with E-state index in [1.807, 2.05) is 0 Å². The summed E-state index contributed by atoms with van der Waals surface area (Å²) in [6.45, 7) is 1.77. The molecule has 0 atom stereocenters. The van der Waals surface area contributed by atoms with Crippen molar-refractivity contribution in [1.82, 2.24) is 9.88 Å². The molecule has 2 heterocycles. The number of nitrogens with one attached hydrogen (secondary N) is 3. The number of halogens is 2. The maximum atomic E-state index is 12.9. The lowest BCUT2D eigenvalue weighted by Gasteiger charge is -2.23. The molecule has 0 aliphatic carbocycles. The molecule has 0 saturated carbocycles. The van der Waals surface area contributed by atoms with Crippen LogP contribution in [0.15, 0.2) is 60.8 Å². The fourth-order valence-corrected chi connectivity index (χ4v) is 4.18. The Morgan fingerprint density at radius 2 is 1.46 bits per heavy atom. The first-order valence-electron chi connectivity index (χ1n) is 11.4. The molecule has 0 unspecified atom stereocenters. The molecule has 0 radical (unpaired) electrons. The van der Waals surface area contributed by atoms with E-state index in [0.29, 0.717) is 32.9 Å². The lowest BCUT2D eigenvalue weighted by atomic mass is 10.1. The van der Waals surface area contributed by atoms with Gasteiger partial charge in [0.25, 0.3) is 11.8 Å². The van der Waals surface area contributed by atoms with Gasteiger partial charge < -0.3 is 15.5 Å². The Morgan fingerprint density at radius 1 is 0.800 bits per heavy atom. The standard InChI is InChI=1S/C26H25Cl2N5O2/c27-19-9-11-22(21(15-19)26(35)32-23-12-10-20(28)16-30-23)31-25(34)18-7-5-17(6-8-18)24(29)33-13-3-1-2-4-14-33/h5-12,15-16,29H,1-4,13-14H2,(H,31,34)(H,30,32,35). The zero-order valence-electron chi connectivity index (χ0n) is 19.0. The number of hydrogen-bond acceptors (Lipinski definition) is 4. The number of carbonyl (C=O) groups excluding carboxylic acids is 2. The molecule has 3 N–H and O–H groups in total. The van der Waals surface area contributed by atoms with Gasteiger partial charge in [-0.2, -0.15) is 0 Å². The minimum Gasteiger partial charge on any atom is -0.357 e. The predicted molar refractivity (Wildman–Crippen MR) is 140 cm³/mol. The monoisotopic (exact) mass is 509 g/mol. The molecular weight excluding hydrogens is 485 g/mol. The zero-order chi connectivity index (χ0) is 24.8. The predicted octanol–water partition coefficient (Wildman–Crippen LogP) is 6.09. The van der Waals surface area contributed by atoms with E-state index >= 15 is 0 Å². The van der Waals surface area contributed by atoms with Gasteiger partial charge in [-0.05, 0) is 55.3 Å². The van der Waals surface area contributed by atoms with Crippen molar-refractivity contribution in [3.05, 3.63) is 87.5 Å². The summed E-state index contributed by atoms with van der Waals surface area (Å²) in [5.41, 5.74) is 1.69. The SMILES string of the molecule is N=C(c1ccc(C(=O)Nc2ccc(Cl)cc2C(=O)Nc2ccc(Cl)cn2)cc1)N1CCCCCC1. The lowest BCUT2D eigenvalue weighted by molar-refractivity contribution is 0.102. The molecule has 180 valence electrons. The van der Waals surface area contributed by atoms with E-state index in [1.54, 1.807) is 48.5 Å². The number of likely N-dealkylation sites (tertiary alicyclic amines) is 1. The van der Waals surface area contributed by atoms with Crippen LogP contribution in [-0.4, -0.2) is 40.6 Å². The fraction of sp³-hybridized carbons (Fsp3) is 0.231. The highest BCUT2D eigenvalue weighted by Crippen LogP contribution is 2.23. The van der Waals surface area contributed by atoms with Crippen LogP contribution in [0.5, 0.6) is 0 Å². The summed E-state index contributed by atoms with van der Waals surface area (Å²) in [5.74, 6) is -0.0527. The Balaban J connectivity index is 1.47. The first-order chi connectivity index (χ1) is 16.9. The van der Waals surface area contributed by atoms with Gasteiger partial charge in [0.1, 0.15) is 11.7 Å². The van der Waals surface area contributed by atoms with Crippen LogP contribution in [0, 0.1) is 5.41 Å². The van der Waals surface area contributed by atoms with Gasteiger partial charge in [0, 0.05) is 35.4 Å². The number of rotatable bonds is 5. The molecule has 9 heteroatoms. The Bertz CT molecular complexity index is 1220. The molecule has 0 bridgehead atoms. The quantitative estimate of drug-likeness (QED) is 0.286. The summed E-state index contributed by atoms with van der Waals surface area (Å²) in [6, 6.07) is 14.8. The second kappa shape index (κ2) is 11.3. The lowest BCUT2D eigenvalue weighted by Crippen LogP contribution is -2.31. The minimum atomic E-state index is -0.473. The Hall–Kier alpha value is -3.42. The Kier molecular flexibility index (Phi) is 8.00. The van der Waals surface area contributed by atoms with Crippen LogP contribution in [-0.2, 0) is 0 Å². The van der Waals surface area contributed by atoms with Crippen molar-refractivity contribution in [1.29, 1.82) is 5.41 Å². The summed E-state index contributed by atoms with van der Waals surface area (Å²) in [4.78, 5) is 31.9. The van der Waals surface area contributed by atoms with Gasteiger partial charge in [0.05, 0.1) is 16.3 Å². The van der Waals surface area contributed by atoms with Crippen molar-refractivity contribution in [3.63, 3.8) is 0 Å². The maximum absolute atomic E-state index is 12.9. The topological polar surface area (TPSA) is 98.2 Å². The van der Waals surface area contributed by atoms with Gasteiger partial charge in [-0.3, -0.25) is 15.0 Å². The number of hydrogen-bond donors (Lipinski definition) is 3. The number of aromatic nitrogens is 1. The number of amides is 2. The highest BCUT2D eigenvalue weighted by atomic mass is 35.5. The molecule has 0 spiro atoms. The summed E-state index contributed by atoms with van der Waals surface area (Å²) >= 11 is 12.0. The second-order valence-electron chi connectivity index (χ2n) is 8.29. The van der Waals surface area contributed by atoms with Crippen molar-refractivity contribution >= 4 is 52.4 Å². The molecule has 2 aromatic carbocycles. The normalized spacial score (nSPS) is 13.6. The van der Waals surface area contributed by atoms with E-state index in [2.05, 4.69) is 20.5 Å². The number of nitrogens with zero attached hydrogens (tertiary/aromatic N) is 2. The summed E-state index contributed by atoms with van der Waals surface area (Å²) < 4.78 is 0. The van der Waals surface area contributed by atoms with E-state index in [4.69, 9.17) is 28.6 Å². The number of amidine groups is 1. The van der Waals surface area contributed by atoms with Crippen molar-refractivity contribution in [2.75, 3.05) is 23.7 Å². The van der Waals surface area contributed by atoms with Crippen molar-refractivity contribution in [3.8, 4) is 0 Å². The molecule has 35 heavy (non-hydrogen) atoms. The van der Waals surface area contributed by atoms with Crippen LogP contribution >= 0.6 is 23.2 Å². The van der Waals surface area contributed by atoms with E-state index in [1.165, 1.54) is 25.1 Å². The maximum Gasteiger partial charge on any atom is 0.258 e. The third-order valence-electron chi connectivity index (χ3n) is 5.79. The number of benzene rings is 2. The average Bonchev–Trinajstić information content (AvgIpc) is 3.16. The molecule has 1 aliphatic heterocycles. The van der Waals surface area contributed by atoms with Gasteiger partial charge >= 0.3 is 0 Å². The van der Waals surface area contributed by atoms with Crippen LogP contribution in [0.3, 0.4) is 0 Å². The van der Waals surface area contributed by atoms with Crippen LogP contribution in [0.4, 0.5) is 11.5 Å². The van der Waals surface area contributed by atoms with Crippen LogP contribution < -0.4 is 10.6 Å². The third-order valence-corrected chi connectivity index (χ3v) is 6.24. The molecule has 7 nitrogen and oxygen atoms in total. The van der Waals surface area contributed by atoms with Gasteiger partial charge in [-0.15, -0.1) is 0 Å². The summed E-state index contributed by atoms with van der Waals surface area (Å²) in [5, 5.41) is 14.8. The van der Waals surface area contributed by atoms with Gasteiger partial charge in [-0.25, -0.2) is 4.98 Å². The molecule has 4 rings (SSSR count). The van der Waals surface area contributed by atoms with Crippen LogP contribution in [0.2, 0.25) is 10.0 Å². The molecule has 1 aliphatic rings. The zero-order valence-corrected chi connectivity index (χ0v) is 20.5. The first-order valence-corrected chi connectivity index (χ1v) is 12.1. The molecule has 1 fully saturated rings. The Morgan fingerprint density at radius 3 is 2.11 bits per heavy atom. The van der Waals surface area contributed by atoms with E-state index in [0.717, 1.165) is 31.5 Å². The Labute approximate surface area is 214 Å². The summed E-state index contributed by atoms with van der Waals surface area (Å²) in [6.07, 6.45) is 6.00.